The first-order valence-electron chi connectivity index (χ1n) is 8.21. The van der Waals surface area contributed by atoms with E-state index in [2.05, 4.69) is 53.8 Å². The predicted molar refractivity (Wildman–Crippen MR) is 106 cm³/mol. The van der Waals surface area contributed by atoms with E-state index < -0.39 is 0 Å². The summed E-state index contributed by atoms with van der Waals surface area (Å²) in [5.41, 5.74) is 4.63. The Hall–Kier alpha value is -1.75. The smallest absolute Gasteiger partial charge is 0.140 e. The van der Waals surface area contributed by atoms with Crippen LogP contribution >= 0.6 is 24.8 Å². The van der Waals surface area contributed by atoms with Crippen LogP contribution in [0.4, 0.5) is 0 Å². The lowest BCUT2D eigenvalue weighted by atomic mass is 10.0. The zero-order valence-electron chi connectivity index (χ0n) is 14.1. The number of ether oxygens (including phenoxy) is 1. The maximum Gasteiger partial charge on any atom is 0.140 e. The van der Waals surface area contributed by atoms with Gasteiger partial charge in [0.15, 0.2) is 0 Å². The summed E-state index contributed by atoms with van der Waals surface area (Å²) in [7, 11) is 0. The summed E-state index contributed by atoms with van der Waals surface area (Å²) in [4.78, 5) is 4.43. The summed E-state index contributed by atoms with van der Waals surface area (Å²) < 4.78 is 8.13. The van der Waals surface area contributed by atoms with Crippen LogP contribution < -0.4 is 10.1 Å². The van der Waals surface area contributed by atoms with Gasteiger partial charge < -0.3 is 14.5 Å². The van der Waals surface area contributed by atoms with E-state index in [0.29, 0.717) is 6.10 Å². The number of hydrogen-bond acceptors (Lipinski definition) is 3. The molecule has 3 aromatic rings. The van der Waals surface area contributed by atoms with Crippen LogP contribution in [0.2, 0.25) is 0 Å². The number of benzene rings is 1. The number of aryl methyl sites for hydroxylation is 1. The molecule has 1 aliphatic rings. The number of imidazole rings is 1. The molecule has 1 N–H and O–H groups in total. The van der Waals surface area contributed by atoms with Crippen LogP contribution in [0.25, 0.3) is 16.8 Å². The molecule has 4 rings (SSSR count). The third-order valence-corrected chi connectivity index (χ3v) is 4.56. The summed E-state index contributed by atoms with van der Waals surface area (Å²) in [6.45, 7) is 4.22. The van der Waals surface area contributed by atoms with Crippen molar-refractivity contribution in [2.45, 2.75) is 25.9 Å². The first-order valence-corrected chi connectivity index (χ1v) is 8.21. The van der Waals surface area contributed by atoms with Crippen LogP contribution in [0.1, 0.15) is 18.4 Å². The van der Waals surface area contributed by atoms with Gasteiger partial charge in [-0.05, 0) is 62.2 Å². The van der Waals surface area contributed by atoms with E-state index in [9.17, 15) is 0 Å². The Balaban J connectivity index is 0.00000113. The summed E-state index contributed by atoms with van der Waals surface area (Å²) in [6.07, 6.45) is 8.37. The Morgan fingerprint density at radius 3 is 2.48 bits per heavy atom. The van der Waals surface area contributed by atoms with E-state index in [4.69, 9.17) is 4.74 Å². The molecule has 0 aliphatic carbocycles. The number of hydrogen-bond donors (Lipinski definition) is 1. The molecule has 1 aromatic carbocycles. The van der Waals surface area contributed by atoms with Crippen molar-refractivity contribution in [3.63, 3.8) is 0 Å². The highest BCUT2D eigenvalue weighted by Crippen LogP contribution is 2.28. The van der Waals surface area contributed by atoms with Crippen molar-refractivity contribution in [1.29, 1.82) is 0 Å². The number of aromatic nitrogens is 2. The number of halogens is 2. The van der Waals surface area contributed by atoms with Gasteiger partial charge in [-0.2, -0.15) is 0 Å². The maximum atomic E-state index is 6.08. The molecule has 2 aromatic heterocycles. The fraction of sp³-hybridized carbons (Fsp3) is 0.316. The fourth-order valence-corrected chi connectivity index (χ4v) is 3.26. The van der Waals surface area contributed by atoms with Crippen molar-refractivity contribution in [3.8, 4) is 16.9 Å². The first kappa shape index (κ1) is 19.6. The Morgan fingerprint density at radius 1 is 1.04 bits per heavy atom. The third-order valence-electron chi connectivity index (χ3n) is 4.56. The quantitative estimate of drug-likeness (QED) is 0.737. The summed E-state index contributed by atoms with van der Waals surface area (Å²) in [5, 5.41) is 3.36. The third kappa shape index (κ3) is 4.09. The number of pyridine rings is 1. The highest BCUT2D eigenvalue weighted by molar-refractivity contribution is 5.85. The van der Waals surface area contributed by atoms with Crippen molar-refractivity contribution < 1.29 is 4.74 Å². The highest BCUT2D eigenvalue weighted by Gasteiger charge is 2.14. The second-order valence-electron chi connectivity index (χ2n) is 6.10. The molecule has 134 valence electrons. The number of piperidine rings is 1. The number of nitrogens with zero attached hydrogens (tertiary/aromatic N) is 2. The molecular formula is C19H23Cl2N3O. The SMILES string of the molecule is Cc1c(-c2ccc(OC3CCNCC3)cc2)ccn2ccnc12.Cl.Cl. The van der Waals surface area contributed by atoms with Gasteiger partial charge in [-0.25, -0.2) is 4.98 Å². The summed E-state index contributed by atoms with van der Waals surface area (Å²) in [5.74, 6) is 0.959. The van der Waals surface area contributed by atoms with E-state index in [1.54, 1.807) is 0 Å². The van der Waals surface area contributed by atoms with Crippen molar-refractivity contribution in [3.05, 3.63) is 54.5 Å². The minimum absolute atomic E-state index is 0. The molecule has 6 heteroatoms. The molecule has 0 amide bonds. The topological polar surface area (TPSA) is 38.6 Å². The van der Waals surface area contributed by atoms with Crippen LogP contribution in [-0.2, 0) is 0 Å². The monoisotopic (exact) mass is 379 g/mol. The molecule has 0 atom stereocenters. The Labute approximate surface area is 160 Å². The van der Waals surface area contributed by atoms with Gasteiger partial charge in [0.05, 0.1) is 0 Å². The van der Waals surface area contributed by atoms with Gasteiger partial charge in [0.2, 0.25) is 0 Å². The lowest BCUT2D eigenvalue weighted by molar-refractivity contribution is 0.162. The van der Waals surface area contributed by atoms with Crippen molar-refractivity contribution in [1.82, 2.24) is 14.7 Å². The lowest BCUT2D eigenvalue weighted by Crippen LogP contribution is -2.34. The predicted octanol–water partition coefficient (Wildman–Crippen LogP) is 4.28. The van der Waals surface area contributed by atoms with Crippen LogP contribution in [-0.4, -0.2) is 28.6 Å². The van der Waals surface area contributed by atoms with Crippen LogP contribution in [0, 0.1) is 6.92 Å². The Morgan fingerprint density at radius 2 is 1.76 bits per heavy atom. The molecule has 0 unspecified atom stereocenters. The molecular weight excluding hydrogens is 357 g/mol. The summed E-state index contributed by atoms with van der Waals surface area (Å²) >= 11 is 0. The Kier molecular flexibility index (Phi) is 6.71. The number of nitrogens with one attached hydrogen (secondary N) is 1. The average molecular weight is 380 g/mol. The first-order chi connectivity index (χ1) is 11.3. The maximum absolute atomic E-state index is 6.08. The van der Waals surface area contributed by atoms with Gasteiger partial charge in [-0.3, -0.25) is 0 Å². The average Bonchev–Trinajstić information content (AvgIpc) is 3.07. The van der Waals surface area contributed by atoms with Crippen molar-refractivity contribution in [2.24, 2.45) is 0 Å². The number of rotatable bonds is 3. The zero-order chi connectivity index (χ0) is 15.6. The molecule has 1 fully saturated rings. The van der Waals surface area contributed by atoms with Gasteiger partial charge in [0.1, 0.15) is 17.5 Å². The molecule has 0 spiro atoms. The highest BCUT2D eigenvalue weighted by atomic mass is 35.5. The molecule has 3 heterocycles. The van der Waals surface area contributed by atoms with Crippen LogP contribution in [0.3, 0.4) is 0 Å². The van der Waals surface area contributed by atoms with E-state index >= 15 is 0 Å². The second kappa shape index (κ2) is 8.56. The van der Waals surface area contributed by atoms with Gasteiger partial charge in [-0.15, -0.1) is 24.8 Å². The van der Waals surface area contributed by atoms with Crippen LogP contribution in [0.5, 0.6) is 5.75 Å². The van der Waals surface area contributed by atoms with E-state index in [-0.39, 0.29) is 24.8 Å². The molecule has 0 radical (unpaired) electrons. The lowest BCUT2D eigenvalue weighted by Gasteiger charge is -2.23. The molecule has 4 nitrogen and oxygen atoms in total. The van der Waals surface area contributed by atoms with E-state index in [1.165, 1.54) is 16.7 Å². The largest absolute Gasteiger partial charge is 0.490 e. The van der Waals surface area contributed by atoms with Gasteiger partial charge in [0, 0.05) is 24.2 Å². The summed E-state index contributed by atoms with van der Waals surface area (Å²) in [6, 6.07) is 10.6. The fourth-order valence-electron chi connectivity index (χ4n) is 3.26. The molecule has 1 saturated heterocycles. The van der Waals surface area contributed by atoms with Crippen molar-refractivity contribution >= 4 is 30.5 Å². The van der Waals surface area contributed by atoms with Crippen molar-refractivity contribution in [2.75, 3.05) is 13.1 Å². The molecule has 1 aliphatic heterocycles. The van der Waals surface area contributed by atoms with E-state index in [1.807, 2.05) is 16.8 Å². The van der Waals surface area contributed by atoms with Gasteiger partial charge in [-0.1, -0.05) is 12.1 Å². The normalized spacial score (nSPS) is 14.6. The molecule has 0 saturated carbocycles. The molecule has 0 bridgehead atoms. The van der Waals surface area contributed by atoms with Gasteiger partial charge in [0.25, 0.3) is 0 Å². The zero-order valence-corrected chi connectivity index (χ0v) is 15.8. The standard InChI is InChI=1S/C19H21N3O.2ClH/c1-14-18(8-12-22-13-11-21-19(14)22)15-2-4-16(5-3-15)23-17-6-9-20-10-7-17;;/h2-5,8,11-13,17,20H,6-7,9-10H2,1H3;2*1H. The molecule has 25 heavy (non-hydrogen) atoms. The number of fused-ring (bicyclic) bond motifs is 1. The second-order valence-corrected chi connectivity index (χ2v) is 6.10. The van der Waals surface area contributed by atoms with Gasteiger partial charge >= 0.3 is 0 Å². The van der Waals surface area contributed by atoms with Crippen LogP contribution in [0.15, 0.2) is 48.9 Å². The minimum Gasteiger partial charge on any atom is -0.490 e. The Bertz CT molecular complexity index is 811. The van der Waals surface area contributed by atoms with E-state index in [0.717, 1.165) is 37.3 Å². The minimum atomic E-state index is 0.